The molecule has 3 rings (SSSR count). The molecule has 0 bridgehead atoms. The first-order valence-electron chi connectivity index (χ1n) is 7.17. The third-order valence-corrected chi connectivity index (χ3v) is 4.91. The Hall–Kier alpha value is -0.900. The third kappa shape index (κ3) is 2.69. The van der Waals surface area contributed by atoms with Crippen molar-refractivity contribution in [2.45, 2.75) is 25.8 Å². The Morgan fingerprint density at radius 2 is 2.37 bits per heavy atom. The Kier molecular flexibility index (Phi) is 4.16. The van der Waals surface area contributed by atoms with Crippen LogP contribution in [0.3, 0.4) is 0 Å². The van der Waals surface area contributed by atoms with Crippen LogP contribution in [-0.2, 0) is 4.74 Å². The van der Waals surface area contributed by atoms with E-state index >= 15 is 0 Å². The first kappa shape index (κ1) is 13.1. The molecular weight excluding hydrogens is 254 g/mol. The number of rotatable bonds is 4. The number of benzene rings is 1. The van der Waals surface area contributed by atoms with Gasteiger partial charge in [-0.25, -0.2) is 0 Å². The molecular formula is C16H21NOS. The summed E-state index contributed by atoms with van der Waals surface area (Å²) in [6, 6.07) is 9.30. The first-order valence-corrected chi connectivity index (χ1v) is 8.05. The number of thiophene rings is 1. The Labute approximate surface area is 118 Å². The summed E-state index contributed by atoms with van der Waals surface area (Å²) in [5.41, 5.74) is 1.45. The van der Waals surface area contributed by atoms with Gasteiger partial charge in [0.1, 0.15) is 0 Å². The summed E-state index contributed by atoms with van der Waals surface area (Å²) in [6.07, 6.45) is 2.45. The molecule has 1 aromatic carbocycles. The number of fused-ring (bicyclic) bond motifs is 1. The van der Waals surface area contributed by atoms with Crippen molar-refractivity contribution in [1.29, 1.82) is 0 Å². The van der Waals surface area contributed by atoms with Crippen LogP contribution < -0.4 is 5.32 Å². The van der Waals surface area contributed by atoms with Crippen LogP contribution >= 0.6 is 11.3 Å². The molecule has 2 unspecified atom stereocenters. The van der Waals surface area contributed by atoms with Gasteiger partial charge in [-0.1, -0.05) is 25.1 Å². The fourth-order valence-corrected chi connectivity index (χ4v) is 3.99. The largest absolute Gasteiger partial charge is 0.381 e. The van der Waals surface area contributed by atoms with E-state index in [1.165, 1.54) is 28.5 Å². The predicted octanol–water partition coefficient (Wildman–Crippen LogP) is 3.98. The number of ether oxygens (including phenoxy) is 1. The summed E-state index contributed by atoms with van der Waals surface area (Å²) >= 11 is 1.85. The van der Waals surface area contributed by atoms with Gasteiger partial charge in [0.05, 0.1) is 6.61 Å². The number of hydrogen-bond donors (Lipinski definition) is 1. The van der Waals surface area contributed by atoms with Crippen molar-refractivity contribution in [3.8, 4) is 0 Å². The van der Waals surface area contributed by atoms with E-state index in [4.69, 9.17) is 4.74 Å². The van der Waals surface area contributed by atoms with E-state index < -0.39 is 0 Å². The second-order valence-electron chi connectivity index (χ2n) is 5.20. The minimum absolute atomic E-state index is 0.424. The van der Waals surface area contributed by atoms with E-state index in [1.807, 2.05) is 11.3 Å². The van der Waals surface area contributed by atoms with Gasteiger partial charge < -0.3 is 10.1 Å². The predicted molar refractivity (Wildman–Crippen MR) is 81.8 cm³/mol. The lowest BCUT2D eigenvalue weighted by Gasteiger charge is -2.31. The molecule has 1 aromatic heterocycles. The van der Waals surface area contributed by atoms with Crippen molar-refractivity contribution in [1.82, 2.24) is 5.32 Å². The van der Waals surface area contributed by atoms with Crippen molar-refractivity contribution < 1.29 is 4.74 Å². The minimum atomic E-state index is 0.424. The molecule has 0 spiro atoms. The van der Waals surface area contributed by atoms with Gasteiger partial charge in [0.15, 0.2) is 0 Å². The van der Waals surface area contributed by atoms with E-state index in [-0.39, 0.29) is 0 Å². The van der Waals surface area contributed by atoms with Crippen LogP contribution in [0.25, 0.3) is 10.1 Å². The fourth-order valence-electron chi connectivity index (χ4n) is 3.04. The summed E-state index contributed by atoms with van der Waals surface area (Å²) < 4.78 is 7.12. The molecule has 0 aliphatic carbocycles. The Morgan fingerprint density at radius 1 is 1.42 bits per heavy atom. The lowest BCUT2D eigenvalue weighted by Crippen LogP contribution is -2.33. The zero-order chi connectivity index (χ0) is 13.1. The summed E-state index contributed by atoms with van der Waals surface area (Å²) in [7, 11) is 0. The topological polar surface area (TPSA) is 21.3 Å². The average molecular weight is 275 g/mol. The maximum Gasteiger partial charge on any atom is 0.0512 e. The smallest absolute Gasteiger partial charge is 0.0512 e. The van der Waals surface area contributed by atoms with Crippen LogP contribution in [0.1, 0.15) is 31.4 Å². The summed E-state index contributed by atoms with van der Waals surface area (Å²) in [4.78, 5) is 0. The van der Waals surface area contributed by atoms with Crippen LogP contribution in [0, 0.1) is 5.92 Å². The Balaban J connectivity index is 1.96. The number of hydrogen-bond acceptors (Lipinski definition) is 3. The van der Waals surface area contributed by atoms with Crippen molar-refractivity contribution in [2.24, 2.45) is 5.92 Å². The van der Waals surface area contributed by atoms with Crippen molar-refractivity contribution in [3.05, 3.63) is 35.2 Å². The summed E-state index contributed by atoms with van der Waals surface area (Å²) in [5.74, 6) is 0.599. The monoisotopic (exact) mass is 275 g/mol. The maximum absolute atomic E-state index is 5.69. The lowest BCUT2D eigenvalue weighted by molar-refractivity contribution is 0.0395. The molecule has 1 fully saturated rings. The quantitative estimate of drug-likeness (QED) is 0.911. The molecule has 1 N–H and O–H groups in total. The van der Waals surface area contributed by atoms with Crippen molar-refractivity contribution in [3.63, 3.8) is 0 Å². The second-order valence-corrected chi connectivity index (χ2v) is 6.11. The molecule has 19 heavy (non-hydrogen) atoms. The molecule has 0 amide bonds. The molecule has 2 heterocycles. The molecule has 2 aromatic rings. The normalized spacial score (nSPS) is 21.6. The van der Waals surface area contributed by atoms with E-state index in [0.29, 0.717) is 12.0 Å². The van der Waals surface area contributed by atoms with Gasteiger partial charge in [0.25, 0.3) is 0 Å². The minimum Gasteiger partial charge on any atom is -0.381 e. The van der Waals surface area contributed by atoms with Crippen LogP contribution in [0.2, 0.25) is 0 Å². The van der Waals surface area contributed by atoms with E-state index in [0.717, 1.165) is 19.8 Å². The number of nitrogens with one attached hydrogen (secondary N) is 1. The summed E-state index contributed by atoms with van der Waals surface area (Å²) in [6.45, 7) is 5.01. The highest BCUT2D eigenvalue weighted by molar-refractivity contribution is 7.17. The van der Waals surface area contributed by atoms with Gasteiger partial charge in [-0.3, -0.25) is 0 Å². The van der Waals surface area contributed by atoms with Gasteiger partial charge >= 0.3 is 0 Å². The van der Waals surface area contributed by atoms with Crippen molar-refractivity contribution in [2.75, 3.05) is 19.8 Å². The molecule has 1 saturated heterocycles. The Bertz CT molecular complexity index is 530. The fraction of sp³-hybridized carbons (Fsp3) is 0.500. The molecule has 0 radical (unpaired) electrons. The van der Waals surface area contributed by atoms with Crippen LogP contribution in [0.15, 0.2) is 29.6 Å². The van der Waals surface area contributed by atoms with E-state index in [2.05, 4.69) is 41.9 Å². The van der Waals surface area contributed by atoms with E-state index in [9.17, 15) is 0 Å². The lowest BCUT2D eigenvalue weighted by atomic mass is 9.88. The molecule has 2 atom stereocenters. The highest BCUT2D eigenvalue weighted by Crippen LogP contribution is 2.35. The highest BCUT2D eigenvalue weighted by Gasteiger charge is 2.26. The molecule has 0 saturated carbocycles. The van der Waals surface area contributed by atoms with Gasteiger partial charge in [-0.05, 0) is 41.8 Å². The maximum atomic E-state index is 5.69. The molecule has 102 valence electrons. The average Bonchev–Trinajstić information content (AvgIpc) is 2.94. The SMILES string of the molecule is CCNC(c1cccc2ccsc12)C1CCCOC1. The standard InChI is InChI=1S/C16H21NOS/c1-2-17-15(13-6-4-9-18-11-13)14-7-3-5-12-8-10-19-16(12)14/h3,5,7-8,10,13,15,17H,2,4,6,9,11H2,1H3. The van der Waals surface area contributed by atoms with Gasteiger partial charge in [0, 0.05) is 23.3 Å². The second kappa shape index (κ2) is 6.04. The van der Waals surface area contributed by atoms with Crippen LogP contribution in [-0.4, -0.2) is 19.8 Å². The highest BCUT2D eigenvalue weighted by atomic mass is 32.1. The van der Waals surface area contributed by atoms with Crippen LogP contribution in [0.4, 0.5) is 0 Å². The zero-order valence-corrected chi connectivity index (χ0v) is 12.2. The molecule has 2 nitrogen and oxygen atoms in total. The van der Waals surface area contributed by atoms with Gasteiger partial charge in [-0.15, -0.1) is 11.3 Å². The molecule has 3 heteroatoms. The summed E-state index contributed by atoms with van der Waals surface area (Å²) in [5, 5.41) is 7.23. The third-order valence-electron chi connectivity index (χ3n) is 3.94. The van der Waals surface area contributed by atoms with E-state index in [1.54, 1.807) is 0 Å². The van der Waals surface area contributed by atoms with Crippen molar-refractivity contribution >= 4 is 21.4 Å². The Morgan fingerprint density at radius 3 is 3.16 bits per heavy atom. The molecule has 1 aliphatic heterocycles. The van der Waals surface area contributed by atoms with Gasteiger partial charge in [0.2, 0.25) is 0 Å². The van der Waals surface area contributed by atoms with Gasteiger partial charge in [-0.2, -0.15) is 0 Å². The molecule has 1 aliphatic rings. The zero-order valence-electron chi connectivity index (χ0n) is 11.4. The van der Waals surface area contributed by atoms with Crippen LogP contribution in [0.5, 0.6) is 0 Å². The first-order chi connectivity index (χ1) is 9.40.